The molecule has 0 saturated carbocycles. The van der Waals surface area contributed by atoms with Gasteiger partial charge in [0.1, 0.15) is 6.04 Å². The fourth-order valence-electron chi connectivity index (χ4n) is 4.13. The number of aliphatic hydroxyl groups excluding tert-OH is 1. The zero-order chi connectivity index (χ0) is 23.4. The summed E-state index contributed by atoms with van der Waals surface area (Å²) in [5.74, 6) is -0.298. The lowest BCUT2D eigenvalue weighted by atomic mass is 10.0. The molecule has 0 unspecified atom stereocenters. The lowest BCUT2D eigenvalue weighted by Gasteiger charge is -2.31. The third-order valence-electron chi connectivity index (χ3n) is 5.84. The Labute approximate surface area is 190 Å². The molecule has 0 bridgehead atoms. The molecular formula is C24H35N5O3. The number of nitrogens with one attached hydrogen (secondary N) is 2. The number of hydrogen-bond donors (Lipinski definition) is 3. The number of β-amino-alcohol motifs (C(OH)–C–C–N with tert-alkyl or cyclic N) is 1. The third kappa shape index (κ3) is 5.55. The normalized spacial score (nSPS) is 19.6. The molecule has 8 nitrogen and oxygen atoms in total. The first kappa shape index (κ1) is 23.9. The number of likely N-dealkylation sites (tertiary alicyclic amines) is 1. The number of carbonyl (C=O) groups is 2. The van der Waals surface area contributed by atoms with E-state index in [1.54, 1.807) is 6.33 Å². The quantitative estimate of drug-likeness (QED) is 0.579. The van der Waals surface area contributed by atoms with E-state index < -0.39 is 18.2 Å². The summed E-state index contributed by atoms with van der Waals surface area (Å²) in [6.45, 7) is 8.48. The number of aryl methyl sites for hydroxylation is 1. The summed E-state index contributed by atoms with van der Waals surface area (Å²) in [6.07, 6.45) is 3.13. The van der Waals surface area contributed by atoms with Crippen LogP contribution in [0.1, 0.15) is 39.7 Å². The second-order valence-corrected chi connectivity index (χ2v) is 9.24. The average Bonchev–Trinajstić information content (AvgIpc) is 3.35. The summed E-state index contributed by atoms with van der Waals surface area (Å²) in [7, 11) is 1.94. The number of imidazole rings is 1. The molecule has 2 amide bonds. The van der Waals surface area contributed by atoms with Gasteiger partial charge in [0.05, 0.1) is 30.4 Å². The minimum Gasteiger partial charge on any atom is -0.391 e. The highest BCUT2D eigenvalue weighted by atomic mass is 16.3. The van der Waals surface area contributed by atoms with Crippen molar-refractivity contribution in [3.8, 4) is 11.3 Å². The highest BCUT2D eigenvalue weighted by Crippen LogP contribution is 2.22. The first-order chi connectivity index (χ1) is 15.2. The second kappa shape index (κ2) is 10.3. The van der Waals surface area contributed by atoms with Gasteiger partial charge in [0.2, 0.25) is 11.8 Å². The van der Waals surface area contributed by atoms with Gasteiger partial charge in [0, 0.05) is 32.6 Å². The molecule has 1 aromatic carbocycles. The molecule has 1 fully saturated rings. The van der Waals surface area contributed by atoms with E-state index in [2.05, 4.69) is 15.6 Å². The first-order valence-corrected chi connectivity index (χ1v) is 11.2. The van der Waals surface area contributed by atoms with Gasteiger partial charge in [-0.25, -0.2) is 4.98 Å². The molecular weight excluding hydrogens is 406 g/mol. The van der Waals surface area contributed by atoms with E-state index in [1.165, 1.54) is 4.90 Å². The molecule has 1 aliphatic rings. The number of aromatic nitrogens is 2. The summed E-state index contributed by atoms with van der Waals surface area (Å²) in [5.41, 5.74) is 3.03. The monoisotopic (exact) mass is 441 g/mol. The van der Waals surface area contributed by atoms with Crippen LogP contribution in [-0.4, -0.2) is 62.1 Å². The predicted octanol–water partition coefficient (Wildman–Crippen LogP) is 1.69. The zero-order valence-corrected chi connectivity index (χ0v) is 19.6. The van der Waals surface area contributed by atoms with Gasteiger partial charge in [-0.2, -0.15) is 0 Å². The van der Waals surface area contributed by atoms with E-state index >= 15 is 0 Å². The van der Waals surface area contributed by atoms with Crippen molar-refractivity contribution in [2.75, 3.05) is 6.54 Å². The second-order valence-electron chi connectivity index (χ2n) is 9.24. The van der Waals surface area contributed by atoms with Crippen LogP contribution in [0.4, 0.5) is 0 Å². The summed E-state index contributed by atoms with van der Waals surface area (Å²) in [5, 5.41) is 16.4. The SMILES string of the molecule is CC(C)N[C@H](C(=O)N1C[C@H](O)C[C@H]1C(=O)NCc1ccc(-c2cncn2C)cc1)C(C)C. The van der Waals surface area contributed by atoms with Gasteiger partial charge in [-0.1, -0.05) is 52.0 Å². The maximum absolute atomic E-state index is 13.2. The number of hydrogen-bond acceptors (Lipinski definition) is 5. The van der Waals surface area contributed by atoms with Crippen LogP contribution in [0.5, 0.6) is 0 Å². The van der Waals surface area contributed by atoms with E-state index in [-0.39, 0.29) is 36.7 Å². The Morgan fingerprint density at radius 2 is 1.88 bits per heavy atom. The highest BCUT2D eigenvalue weighted by Gasteiger charge is 2.41. The van der Waals surface area contributed by atoms with Gasteiger partial charge in [-0.15, -0.1) is 0 Å². The van der Waals surface area contributed by atoms with Crippen LogP contribution in [0.25, 0.3) is 11.3 Å². The minimum absolute atomic E-state index is 0.0734. The minimum atomic E-state index is -0.695. The Kier molecular flexibility index (Phi) is 7.69. The van der Waals surface area contributed by atoms with Gasteiger partial charge in [-0.3, -0.25) is 9.59 Å². The molecule has 8 heteroatoms. The fraction of sp³-hybridized carbons (Fsp3) is 0.542. The molecule has 3 N–H and O–H groups in total. The van der Waals surface area contributed by atoms with Crippen LogP contribution in [0, 0.1) is 5.92 Å². The Hall–Kier alpha value is -2.71. The zero-order valence-electron chi connectivity index (χ0n) is 19.6. The third-order valence-corrected chi connectivity index (χ3v) is 5.84. The van der Waals surface area contributed by atoms with E-state index in [4.69, 9.17) is 0 Å². The molecule has 32 heavy (non-hydrogen) atoms. The molecule has 0 aliphatic carbocycles. The standard InChI is InChI=1S/C24H35N5O3/c1-15(2)22(27-16(3)4)24(32)29-13-19(30)10-20(29)23(31)26-11-17-6-8-18(9-7-17)21-12-25-14-28(21)5/h6-9,12,14-16,19-20,22,27,30H,10-11,13H2,1-5H3,(H,26,31)/t19-,20+,22+/m1/s1. The van der Waals surface area contributed by atoms with E-state index in [9.17, 15) is 14.7 Å². The molecule has 2 aromatic rings. The van der Waals surface area contributed by atoms with Crippen molar-refractivity contribution in [2.24, 2.45) is 13.0 Å². The molecule has 1 aromatic heterocycles. The van der Waals surface area contributed by atoms with Crippen molar-refractivity contribution in [2.45, 2.75) is 64.9 Å². The van der Waals surface area contributed by atoms with Crippen molar-refractivity contribution >= 4 is 11.8 Å². The molecule has 174 valence electrons. The Bertz CT molecular complexity index is 922. The molecule has 0 radical (unpaired) electrons. The van der Waals surface area contributed by atoms with Crippen molar-refractivity contribution in [1.82, 2.24) is 25.1 Å². The smallest absolute Gasteiger partial charge is 0.243 e. The number of rotatable bonds is 8. The summed E-state index contributed by atoms with van der Waals surface area (Å²) in [4.78, 5) is 31.8. The van der Waals surface area contributed by atoms with Crippen LogP contribution < -0.4 is 10.6 Å². The van der Waals surface area contributed by atoms with Gasteiger partial charge < -0.3 is 25.2 Å². The van der Waals surface area contributed by atoms with Crippen LogP contribution in [0.3, 0.4) is 0 Å². The Balaban J connectivity index is 1.64. The summed E-state index contributed by atoms with van der Waals surface area (Å²) >= 11 is 0. The van der Waals surface area contributed by atoms with Crippen molar-refractivity contribution < 1.29 is 14.7 Å². The number of aliphatic hydroxyl groups is 1. The van der Waals surface area contributed by atoms with Gasteiger partial charge in [0.15, 0.2) is 0 Å². The van der Waals surface area contributed by atoms with Crippen LogP contribution in [0.2, 0.25) is 0 Å². The first-order valence-electron chi connectivity index (χ1n) is 11.2. The lowest BCUT2D eigenvalue weighted by molar-refractivity contribution is -0.141. The number of nitrogens with zero attached hydrogens (tertiary/aromatic N) is 3. The summed E-state index contributed by atoms with van der Waals surface area (Å²) < 4.78 is 1.95. The molecule has 3 atom stereocenters. The topological polar surface area (TPSA) is 99.5 Å². The van der Waals surface area contributed by atoms with Crippen molar-refractivity contribution in [3.63, 3.8) is 0 Å². The maximum Gasteiger partial charge on any atom is 0.243 e. The van der Waals surface area contributed by atoms with Crippen LogP contribution >= 0.6 is 0 Å². The largest absolute Gasteiger partial charge is 0.391 e. The van der Waals surface area contributed by atoms with Gasteiger partial charge in [0.25, 0.3) is 0 Å². The number of amides is 2. The predicted molar refractivity (Wildman–Crippen MR) is 124 cm³/mol. The van der Waals surface area contributed by atoms with E-state index in [0.29, 0.717) is 6.54 Å². The molecule has 1 saturated heterocycles. The van der Waals surface area contributed by atoms with Crippen molar-refractivity contribution in [3.05, 3.63) is 42.4 Å². The highest BCUT2D eigenvalue weighted by molar-refractivity contribution is 5.90. The van der Waals surface area contributed by atoms with Crippen LogP contribution in [-0.2, 0) is 23.2 Å². The Morgan fingerprint density at radius 3 is 2.44 bits per heavy atom. The van der Waals surface area contributed by atoms with E-state index in [1.807, 2.05) is 69.8 Å². The number of benzene rings is 1. The van der Waals surface area contributed by atoms with Crippen molar-refractivity contribution in [1.29, 1.82) is 0 Å². The molecule has 3 rings (SSSR count). The van der Waals surface area contributed by atoms with Crippen LogP contribution in [0.15, 0.2) is 36.8 Å². The fourth-order valence-corrected chi connectivity index (χ4v) is 4.13. The molecule has 2 heterocycles. The average molecular weight is 442 g/mol. The van der Waals surface area contributed by atoms with E-state index in [0.717, 1.165) is 16.8 Å². The number of carbonyl (C=O) groups excluding carboxylic acids is 2. The van der Waals surface area contributed by atoms with Gasteiger partial charge >= 0.3 is 0 Å². The lowest BCUT2D eigenvalue weighted by Crippen LogP contribution is -2.55. The maximum atomic E-state index is 13.2. The summed E-state index contributed by atoms with van der Waals surface area (Å²) in [6, 6.07) is 7.01. The Morgan fingerprint density at radius 1 is 1.19 bits per heavy atom. The molecule has 0 spiro atoms. The molecule has 1 aliphatic heterocycles. The van der Waals surface area contributed by atoms with Gasteiger partial charge in [-0.05, 0) is 17.0 Å².